The lowest BCUT2D eigenvalue weighted by Crippen LogP contribution is -2.63. The number of carbonyl (C=O) groups excluding carboxylic acids is 2. The standard InChI is InChI=1S/C16H19ClN2O2/c1-9(11-5-7-13(17)8-6-11)19-10(2)15(20)18-14(16(19)21)12-3-4-12/h5-10,12,14H,3-4H2,1-2H3,(H,18,20). The van der Waals surface area contributed by atoms with Crippen LogP contribution in [0.4, 0.5) is 0 Å². The van der Waals surface area contributed by atoms with Gasteiger partial charge in [0.05, 0.1) is 6.04 Å². The Balaban J connectivity index is 1.87. The molecule has 0 bridgehead atoms. The third-order valence-electron chi connectivity index (χ3n) is 4.48. The molecule has 1 saturated heterocycles. The highest BCUT2D eigenvalue weighted by Gasteiger charge is 2.46. The monoisotopic (exact) mass is 306 g/mol. The van der Waals surface area contributed by atoms with E-state index in [1.54, 1.807) is 11.8 Å². The minimum absolute atomic E-state index is 0.0343. The lowest BCUT2D eigenvalue weighted by molar-refractivity contribution is -0.151. The van der Waals surface area contributed by atoms with Crippen LogP contribution in [0.5, 0.6) is 0 Å². The van der Waals surface area contributed by atoms with Crippen molar-refractivity contribution in [1.29, 1.82) is 0 Å². The highest BCUT2D eigenvalue weighted by Crippen LogP contribution is 2.37. The molecule has 21 heavy (non-hydrogen) atoms. The van der Waals surface area contributed by atoms with Gasteiger partial charge in [0, 0.05) is 5.02 Å². The van der Waals surface area contributed by atoms with Crippen LogP contribution in [0.15, 0.2) is 24.3 Å². The van der Waals surface area contributed by atoms with Gasteiger partial charge in [-0.15, -0.1) is 0 Å². The van der Waals surface area contributed by atoms with Crippen LogP contribution < -0.4 is 5.32 Å². The molecular formula is C16H19ClN2O2. The average Bonchev–Trinajstić information content (AvgIpc) is 3.28. The van der Waals surface area contributed by atoms with Crippen molar-refractivity contribution in [2.75, 3.05) is 0 Å². The number of amides is 2. The summed E-state index contributed by atoms with van der Waals surface area (Å²) in [4.78, 5) is 26.6. The summed E-state index contributed by atoms with van der Waals surface area (Å²) in [7, 11) is 0. The molecule has 1 aromatic rings. The van der Waals surface area contributed by atoms with E-state index in [-0.39, 0.29) is 23.9 Å². The molecule has 3 atom stereocenters. The highest BCUT2D eigenvalue weighted by atomic mass is 35.5. The predicted molar refractivity (Wildman–Crippen MR) is 80.8 cm³/mol. The third kappa shape index (κ3) is 2.64. The minimum Gasteiger partial charge on any atom is -0.342 e. The fourth-order valence-corrected chi connectivity index (χ4v) is 3.12. The molecule has 4 nitrogen and oxygen atoms in total. The van der Waals surface area contributed by atoms with Crippen molar-refractivity contribution in [3.05, 3.63) is 34.9 Å². The second kappa shape index (κ2) is 5.34. The van der Waals surface area contributed by atoms with Crippen molar-refractivity contribution < 1.29 is 9.59 Å². The van der Waals surface area contributed by atoms with E-state index >= 15 is 0 Å². The summed E-state index contributed by atoms with van der Waals surface area (Å²) in [5, 5.41) is 3.54. The van der Waals surface area contributed by atoms with Gasteiger partial charge in [-0.25, -0.2) is 0 Å². The summed E-state index contributed by atoms with van der Waals surface area (Å²) >= 11 is 5.91. The van der Waals surface area contributed by atoms with Crippen molar-refractivity contribution in [2.45, 2.75) is 44.8 Å². The van der Waals surface area contributed by atoms with E-state index in [0.29, 0.717) is 10.9 Å². The van der Waals surface area contributed by atoms with Gasteiger partial charge >= 0.3 is 0 Å². The van der Waals surface area contributed by atoms with E-state index in [4.69, 9.17) is 11.6 Å². The fourth-order valence-electron chi connectivity index (χ4n) is 2.99. The van der Waals surface area contributed by atoms with Gasteiger partial charge in [0.15, 0.2) is 0 Å². The average molecular weight is 307 g/mol. The molecule has 0 radical (unpaired) electrons. The van der Waals surface area contributed by atoms with Crippen LogP contribution in [0.3, 0.4) is 0 Å². The normalized spacial score (nSPS) is 27.5. The van der Waals surface area contributed by atoms with Gasteiger partial charge in [-0.2, -0.15) is 0 Å². The van der Waals surface area contributed by atoms with E-state index in [1.807, 2.05) is 31.2 Å². The van der Waals surface area contributed by atoms with Gasteiger partial charge in [0.1, 0.15) is 12.1 Å². The Bertz CT molecular complexity index is 568. The molecule has 1 aliphatic heterocycles. The lowest BCUT2D eigenvalue weighted by Gasteiger charge is -2.41. The summed E-state index contributed by atoms with van der Waals surface area (Å²) in [5.41, 5.74) is 0.990. The number of hydrogen-bond acceptors (Lipinski definition) is 2. The Morgan fingerprint density at radius 1 is 1.24 bits per heavy atom. The Labute approximate surface area is 129 Å². The minimum atomic E-state index is -0.446. The van der Waals surface area contributed by atoms with Crippen LogP contribution in [-0.2, 0) is 9.59 Å². The topological polar surface area (TPSA) is 49.4 Å². The Morgan fingerprint density at radius 3 is 2.43 bits per heavy atom. The summed E-state index contributed by atoms with van der Waals surface area (Å²) in [6.45, 7) is 3.74. The van der Waals surface area contributed by atoms with Crippen molar-refractivity contribution in [2.24, 2.45) is 5.92 Å². The number of hydrogen-bond donors (Lipinski definition) is 1. The number of carbonyl (C=O) groups is 2. The second-order valence-corrected chi connectivity index (χ2v) is 6.41. The predicted octanol–water partition coefficient (Wildman–Crippen LogP) is 2.53. The van der Waals surface area contributed by atoms with Crippen LogP contribution >= 0.6 is 11.6 Å². The number of rotatable bonds is 3. The van der Waals surface area contributed by atoms with Crippen LogP contribution in [0.25, 0.3) is 0 Å². The number of benzene rings is 1. The molecule has 2 fully saturated rings. The first kappa shape index (κ1) is 14.4. The Morgan fingerprint density at radius 2 is 1.86 bits per heavy atom. The SMILES string of the molecule is CC1C(=O)NC(C2CC2)C(=O)N1C(C)c1ccc(Cl)cc1. The van der Waals surface area contributed by atoms with E-state index in [2.05, 4.69) is 5.32 Å². The molecule has 2 amide bonds. The maximum atomic E-state index is 12.7. The molecule has 3 rings (SSSR count). The van der Waals surface area contributed by atoms with Gasteiger partial charge in [-0.1, -0.05) is 23.7 Å². The van der Waals surface area contributed by atoms with Gasteiger partial charge < -0.3 is 10.2 Å². The number of nitrogens with one attached hydrogen (secondary N) is 1. The first-order chi connectivity index (χ1) is 9.99. The quantitative estimate of drug-likeness (QED) is 0.933. The molecule has 112 valence electrons. The first-order valence-electron chi connectivity index (χ1n) is 7.37. The third-order valence-corrected chi connectivity index (χ3v) is 4.73. The van der Waals surface area contributed by atoms with Crippen LogP contribution in [-0.4, -0.2) is 28.8 Å². The van der Waals surface area contributed by atoms with E-state index in [1.165, 1.54) is 0 Å². The van der Waals surface area contributed by atoms with E-state index in [0.717, 1.165) is 18.4 Å². The molecule has 5 heteroatoms. The second-order valence-electron chi connectivity index (χ2n) is 5.97. The van der Waals surface area contributed by atoms with Gasteiger partial charge in [0.2, 0.25) is 11.8 Å². The zero-order valence-corrected chi connectivity index (χ0v) is 12.9. The van der Waals surface area contributed by atoms with E-state index < -0.39 is 6.04 Å². The first-order valence-corrected chi connectivity index (χ1v) is 7.75. The number of nitrogens with zero attached hydrogens (tertiary/aromatic N) is 1. The zero-order valence-electron chi connectivity index (χ0n) is 12.2. The smallest absolute Gasteiger partial charge is 0.246 e. The Kier molecular flexibility index (Phi) is 3.66. The fraction of sp³-hybridized carbons (Fsp3) is 0.500. The summed E-state index contributed by atoms with van der Waals surface area (Å²) in [6, 6.07) is 6.51. The van der Waals surface area contributed by atoms with Gasteiger partial charge in [-0.05, 0) is 50.3 Å². The number of halogens is 1. The summed E-state index contributed by atoms with van der Waals surface area (Å²) in [5.74, 6) is 0.285. The molecule has 1 N–H and O–H groups in total. The van der Waals surface area contributed by atoms with Crippen LogP contribution in [0, 0.1) is 5.92 Å². The molecular weight excluding hydrogens is 288 g/mol. The summed E-state index contributed by atoms with van der Waals surface area (Å²) < 4.78 is 0. The van der Waals surface area contributed by atoms with E-state index in [9.17, 15) is 9.59 Å². The molecule has 1 saturated carbocycles. The largest absolute Gasteiger partial charge is 0.342 e. The number of piperazine rings is 1. The maximum Gasteiger partial charge on any atom is 0.246 e. The lowest BCUT2D eigenvalue weighted by atomic mass is 9.99. The molecule has 1 aromatic carbocycles. The molecule has 1 aliphatic carbocycles. The molecule has 1 heterocycles. The van der Waals surface area contributed by atoms with Crippen LogP contribution in [0.1, 0.15) is 38.3 Å². The zero-order chi connectivity index (χ0) is 15.1. The van der Waals surface area contributed by atoms with Crippen molar-refractivity contribution in [1.82, 2.24) is 10.2 Å². The van der Waals surface area contributed by atoms with Crippen LogP contribution in [0.2, 0.25) is 5.02 Å². The molecule has 0 spiro atoms. The highest BCUT2D eigenvalue weighted by molar-refractivity contribution is 6.30. The van der Waals surface area contributed by atoms with Gasteiger partial charge in [0.25, 0.3) is 0 Å². The van der Waals surface area contributed by atoms with Gasteiger partial charge in [-0.3, -0.25) is 9.59 Å². The molecule has 3 unspecified atom stereocenters. The summed E-state index contributed by atoms with van der Waals surface area (Å²) in [6.07, 6.45) is 2.04. The van der Waals surface area contributed by atoms with Crippen molar-refractivity contribution >= 4 is 23.4 Å². The molecule has 0 aromatic heterocycles. The maximum absolute atomic E-state index is 12.7. The Hall–Kier alpha value is -1.55. The van der Waals surface area contributed by atoms with Crippen molar-refractivity contribution in [3.63, 3.8) is 0 Å². The molecule has 2 aliphatic rings. The van der Waals surface area contributed by atoms with Crippen molar-refractivity contribution in [3.8, 4) is 0 Å².